The number of esters is 1. The van der Waals surface area contributed by atoms with Gasteiger partial charge in [-0.25, -0.2) is 4.79 Å². The van der Waals surface area contributed by atoms with Crippen LogP contribution in [0.25, 0.3) is 0 Å². The quantitative estimate of drug-likeness (QED) is 0.320. The highest BCUT2D eigenvalue weighted by atomic mass is 79.9. The highest BCUT2D eigenvalue weighted by molar-refractivity contribution is 9.10. The molecule has 0 unspecified atom stereocenters. The number of nitrogens with zero attached hydrogens (tertiary/aromatic N) is 1. The minimum absolute atomic E-state index is 0.0402. The maximum absolute atomic E-state index is 13.4. The van der Waals surface area contributed by atoms with Crippen molar-refractivity contribution in [2.45, 2.75) is 32.7 Å². The first-order chi connectivity index (χ1) is 17.2. The number of hydrogen-bond acceptors (Lipinski definition) is 5. The minimum Gasteiger partial charge on any atom is -0.454 e. The van der Waals surface area contributed by atoms with E-state index in [0.29, 0.717) is 5.69 Å². The zero-order valence-electron chi connectivity index (χ0n) is 20.1. The Bertz CT molecular complexity index is 1220. The molecule has 2 aromatic carbocycles. The van der Waals surface area contributed by atoms with Gasteiger partial charge in [-0.05, 0) is 60.9 Å². The normalized spacial score (nSPS) is 24.7. The lowest BCUT2D eigenvalue weighted by Gasteiger charge is -2.26. The molecule has 7 nitrogen and oxygen atoms in total. The molecule has 0 radical (unpaired) electrons. The molecule has 1 saturated heterocycles. The Labute approximate surface area is 218 Å². The van der Waals surface area contributed by atoms with Gasteiger partial charge in [0.2, 0.25) is 11.8 Å². The molecule has 2 aromatic rings. The fourth-order valence-electron chi connectivity index (χ4n) is 5.80. The van der Waals surface area contributed by atoms with Crippen molar-refractivity contribution < 1.29 is 23.9 Å². The molecule has 0 spiro atoms. The van der Waals surface area contributed by atoms with Gasteiger partial charge in [0.25, 0.3) is 5.91 Å². The van der Waals surface area contributed by atoms with E-state index >= 15 is 0 Å². The Morgan fingerprint density at radius 3 is 2.19 bits per heavy atom. The molecule has 3 aliphatic rings. The first kappa shape index (κ1) is 24.4. The highest BCUT2D eigenvalue weighted by Crippen LogP contribution is 2.53. The lowest BCUT2D eigenvalue weighted by molar-refractivity contribution is -0.160. The molecule has 8 heteroatoms. The van der Waals surface area contributed by atoms with Gasteiger partial charge in [-0.3, -0.25) is 19.3 Å². The molecule has 1 aliphatic heterocycles. The molecule has 1 N–H and O–H groups in total. The minimum atomic E-state index is -1.12. The summed E-state index contributed by atoms with van der Waals surface area (Å²) in [6.45, 7) is 3.32. The molecule has 186 valence electrons. The second kappa shape index (κ2) is 9.65. The van der Waals surface area contributed by atoms with Gasteiger partial charge >= 0.3 is 5.97 Å². The van der Waals surface area contributed by atoms with E-state index in [1.54, 1.807) is 0 Å². The predicted octanol–water partition coefficient (Wildman–Crippen LogP) is 3.97. The fourth-order valence-corrected chi connectivity index (χ4v) is 6.03. The van der Waals surface area contributed by atoms with E-state index in [1.807, 2.05) is 68.5 Å². The number of amides is 3. The van der Waals surface area contributed by atoms with E-state index in [2.05, 4.69) is 21.2 Å². The Morgan fingerprint density at radius 1 is 1.03 bits per heavy atom. The first-order valence-electron chi connectivity index (χ1n) is 12.1. The molecular formula is C28H27BrN2O5. The number of nitrogens with one attached hydrogen (secondary N) is 1. The lowest BCUT2D eigenvalue weighted by atomic mass is 9.85. The fraction of sp³-hybridized carbons (Fsp3) is 0.357. The predicted molar refractivity (Wildman–Crippen MR) is 137 cm³/mol. The number of imide groups is 1. The van der Waals surface area contributed by atoms with Crippen molar-refractivity contribution in [2.75, 3.05) is 11.9 Å². The van der Waals surface area contributed by atoms with E-state index in [4.69, 9.17) is 4.74 Å². The van der Waals surface area contributed by atoms with Gasteiger partial charge in [-0.1, -0.05) is 58.4 Å². The molecule has 2 aliphatic carbocycles. The molecule has 5 atom stereocenters. The van der Waals surface area contributed by atoms with Crippen LogP contribution in [-0.2, 0) is 30.3 Å². The number of likely N-dealkylation sites (tertiary alicyclic amines) is 1. The third-order valence-electron chi connectivity index (χ3n) is 7.43. The van der Waals surface area contributed by atoms with Crippen LogP contribution in [0.2, 0.25) is 0 Å². The summed E-state index contributed by atoms with van der Waals surface area (Å²) >= 11 is 3.50. The van der Waals surface area contributed by atoms with Crippen molar-refractivity contribution in [2.24, 2.45) is 23.7 Å². The third-order valence-corrected chi connectivity index (χ3v) is 8.68. The number of rotatable bonds is 7. The van der Waals surface area contributed by atoms with Gasteiger partial charge in [0.1, 0.15) is 6.04 Å². The number of carbonyl (C=O) groups is 4. The summed E-state index contributed by atoms with van der Waals surface area (Å²) < 4.78 is 6.34. The number of hydrogen-bond donors (Lipinski definition) is 1. The Morgan fingerprint density at radius 2 is 1.61 bits per heavy atom. The number of aryl methyl sites for hydroxylation is 2. The summed E-state index contributed by atoms with van der Waals surface area (Å²) in [5.41, 5.74) is 3.31. The first-order valence-corrected chi connectivity index (χ1v) is 12.9. The Balaban J connectivity index is 1.31. The average Bonchev–Trinajstić information content (AvgIpc) is 3.54. The number of allylic oxidation sites excluding steroid dienone is 2. The standard InChI is InChI=1S/C28H27BrN2O5/c1-15-10-20(11-16(2)25(15)29)30-22(32)14-36-28(35)21(12-17-6-4-3-5-7-17)31-26(33)23-18-8-9-19(13-18)24(23)27(31)34/h3-11,18-19,21,23-24H,12-14H2,1-2H3,(H,30,32)/t18-,19-,21-,23-,24+/m0/s1. The zero-order valence-corrected chi connectivity index (χ0v) is 21.7. The summed E-state index contributed by atoms with van der Waals surface area (Å²) in [6, 6.07) is 11.7. The van der Waals surface area contributed by atoms with Crippen LogP contribution in [-0.4, -0.2) is 41.2 Å². The van der Waals surface area contributed by atoms with E-state index in [0.717, 1.165) is 32.5 Å². The summed E-state index contributed by atoms with van der Waals surface area (Å²) in [4.78, 5) is 53.7. The summed E-state index contributed by atoms with van der Waals surface area (Å²) in [7, 11) is 0. The van der Waals surface area contributed by atoms with Crippen LogP contribution in [0, 0.1) is 37.5 Å². The average molecular weight is 551 g/mol. The number of anilines is 1. The van der Waals surface area contributed by atoms with Gasteiger partial charge < -0.3 is 10.1 Å². The molecule has 0 aromatic heterocycles. The number of benzene rings is 2. The molecule has 5 rings (SSSR count). The Hall–Kier alpha value is -3.26. The number of fused-ring (bicyclic) bond motifs is 5. The van der Waals surface area contributed by atoms with Gasteiger partial charge in [0.05, 0.1) is 11.8 Å². The van der Waals surface area contributed by atoms with Crippen LogP contribution < -0.4 is 5.32 Å². The van der Waals surface area contributed by atoms with E-state index in [9.17, 15) is 19.2 Å². The molecule has 3 amide bonds. The van der Waals surface area contributed by atoms with Crippen molar-refractivity contribution in [1.29, 1.82) is 0 Å². The smallest absolute Gasteiger partial charge is 0.330 e. The topological polar surface area (TPSA) is 92.8 Å². The third kappa shape index (κ3) is 4.39. The van der Waals surface area contributed by atoms with Crippen LogP contribution in [0.15, 0.2) is 59.1 Å². The van der Waals surface area contributed by atoms with E-state index in [-0.39, 0.29) is 30.1 Å². The van der Waals surface area contributed by atoms with E-state index < -0.39 is 36.4 Å². The van der Waals surface area contributed by atoms with Crippen molar-refractivity contribution in [3.63, 3.8) is 0 Å². The molecule has 1 heterocycles. The highest BCUT2D eigenvalue weighted by Gasteiger charge is 2.61. The molecular weight excluding hydrogens is 524 g/mol. The zero-order chi connectivity index (χ0) is 25.6. The summed E-state index contributed by atoms with van der Waals surface area (Å²) in [6.07, 6.45) is 4.97. The maximum Gasteiger partial charge on any atom is 0.330 e. The molecule has 2 bridgehead atoms. The SMILES string of the molecule is Cc1cc(NC(=O)COC(=O)[C@H](Cc2ccccc2)N2C(=O)[C@@H]3[C@H](C2=O)[C@H]2C=C[C@H]3C2)cc(C)c1Br. The van der Waals surface area contributed by atoms with Crippen LogP contribution in [0.3, 0.4) is 0 Å². The van der Waals surface area contributed by atoms with Gasteiger partial charge in [0, 0.05) is 16.6 Å². The van der Waals surface area contributed by atoms with Crippen LogP contribution in [0.4, 0.5) is 5.69 Å². The lowest BCUT2D eigenvalue weighted by Crippen LogP contribution is -2.48. The van der Waals surface area contributed by atoms with Crippen molar-refractivity contribution in [1.82, 2.24) is 4.90 Å². The Kier molecular flexibility index (Phi) is 6.55. The second-order valence-electron chi connectivity index (χ2n) is 9.83. The molecule has 1 saturated carbocycles. The maximum atomic E-state index is 13.4. The number of carbonyl (C=O) groups excluding carboxylic acids is 4. The van der Waals surface area contributed by atoms with Gasteiger partial charge in [0.15, 0.2) is 6.61 Å². The number of halogens is 1. The summed E-state index contributed by atoms with van der Waals surface area (Å²) in [5, 5.41) is 2.74. The monoisotopic (exact) mass is 550 g/mol. The van der Waals surface area contributed by atoms with Gasteiger partial charge in [-0.2, -0.15) is 0 Å². The van der Waals surface area contributed by atoms with Crippen molar-refractivity contribution in [3.05, 3.63) is 75.8 Å². The second-order valence-corrected chi connectivity index (χ2v) is 10.6. The molecule has 2 fully saturated rings. The largest absolute Gasteiger partial charge is 0.454 e. The van der Waals surface area contributed by atoms with Crippen LogP contribution in [0.1, 0.15) is 23.1 Å². The van der Waals surface area contributed by atoms with Crippen molar-refractivity contribution in [3.8, 4) is 0 Å². The summed E-state index contributed by atoms with van der Waals surface area (Å²) in [5.74, 6) is -2.64. The van der Waals surface area contributed by atoms with Crippen molar-refractivity contribution >= 4 is 45.3 Å². The van der Waals surface area contributed by atoms with Crippen LogP contribution in [0.5, 0.6) is 0 Å². The van der Waals surface area contributed by atoms with Gasteiger partial charge in [-0.15, -0.1) is 0 Å². The van der Waals surface area contributed by atoms with Crippen LogP contribution >= 0.6 is 15.9 Å². The molecule has 36 heavy (non-hydrogen) atoms. The van der Waals surface area contributed by atoms with E-state index in [1.165, 1.54) is 0 Å². The number of ether oxygens (including phenoxy) is 1.